The van der Waals surface area contributed by atoms with Crippen LogP contribution in [-0.2, 0) is 19.4 Å². The minimum atomic E-state index is 0.721. The van der Waals surface area contributed by atoms with E-state index in [0.29, 0.717) is 0 Å². The third-order valence-electron chi connectivity index (χ3n) is 3.27. The first-order valence-electron chi connectivity index (χ1n) is 6.94. The molecule has 0 aliphatic carbocycles. The Morgan fingerprint density at radius 3 is 3.16 bits per heavy atom. The largest absolute Gasteiger partial charge is 0.356 e. The molecule has 2 heterocycles. The zero-order valence-corrected chi connectivity index (χ0v) is 11.7. The Hall–Kier alpha value is -1.78. The van der Waals surface area contributed by atoms with Crippen molar-refractivity contribution in [3.05, 3.63) is 30.4 Å². The second-order valence-corrected chi connectivity index (χ2v) is 4.72. The molecular weight excluding hydrogens is 238 g/mol. The number of fused-ring (bicyclic) bond motifs is 1. The molecule has 0 atom stereocenters. The second kappa shape index (κ2) is 6.97. The van der Waals surface area contributed by atoms with Gasteiger partial charge in [-0.05, 0) is 12.8 Å². The van der Waals surface area contributed by atoms with E-state index in [2.05, 4.69) is 38.0 Å². The lowest BCUT2D eigenvalue weighted by Crippen LogP contribution is -2.38. The van der Waals surface area contributed by atoms with Gasteiger partial charge in [0.25, 0.3) is 0 Å². The van der Waals surface area contributed by atoms with Crippen LogP contribution in [0.3, 0.4) is 0 Å². The molecule has 5 heteroatoms. The van der Waals surface area contributed by atoms with Crippen LogP contribution in [0.15, 0.2) is 23.8 Å². The molecule has 2 N–H and O–H groups in total. The fraction of sp³-hybridized carbons (Fsp3) is 0.571. The topological polar surface area (TPSA) is 54.2 Å². The number of rotatable bonds is 5. The number of guanidine groups is 1. The molecule has 0 fully saturated rings. The molecule has 2 rings (SSSR count). The molecular formula is C14H23N5. The van der Waals surface area contributed by atoms with Crippen LogP contribution in [0.25, 0.3) is 0 Å². The van der Waals surface area contributed by atoms with E-state index in [-0.39, 0.29) is 0 Å². The Labute approximate surface area is 114 Å². The summed E-state index contributed by atoms with van der Waals surface area (Å²) >= 11 is 0. The molecule has 0 radical (unpaired) electrons. The van der Waals surface area contributed by atoms with Crippen LogP contribution in [0.4, 0.5) is 0 Å². The van der Waals surface area contributed by atoms with Gasteiger partial charge in [0.15, 0.2) is 5.96 Å². The van der Waals surface area contributed by atoms with E-state index in [9.17, 15) is 0 Å². The maximum absolute atomic E-state index is 4.68. The average molecular weight is 261 g/mol. The molecule has 0 aromatic carbocycles. The van der Waals surface area contributed by atoms with Crippen LogP contribution in [0.2, 0.25) is 0 Å². The molecule has 1 aliphatic rings. The Morgan fingerprint density at radius 1 is 1.53 bits per heavy atom. The van der Waals surface area contributed by atoms with Gasteiger partial charge in [-0.3, -0.25) is 4.99 Å². The summed E-state index contributed by atoms with van der Waals surface area (Å²) in [5.41, 5.74) is 1.17. The van der Waals surface area contributed by atoms with Crippen molar-refractivity contribution in [2.24, 2.45) is 4.99 Å². The Morgan fingerprint density at radius 2 is 2.42 bits per heavy atom. The molecule has 1 aromatic heterocycles. The van der Waals surface area contributed by atoms with Crippen LogP contribution in [-0.4, -0.2) is 35.6 Å². The number of nitrogens with zero attached hydrogens (tertiary/aromatic N) is 3. The summed E-state index contributed by atoms with van der Waals surface area (Å²) in [5, 5.41) is 6.42. The number of hydrogen-bond acceptors (Lipinski definition) is 2. The smallest absolute Gasteiger partial charge is 0.191 e. The molecule has 0 unspecified atom stereocenters. The van der Waals surface area contributed by atoms with Crippen LogP contribution in [0.1, 0.15) is 24.4 Å². The van der Waals surface area contributed by atoms with E-state index < -0.39 is 0 Å². The summed E-state index contributed by atoms with van der Waals surface area (Å²) in [7, 11) is 1.77. The summed E-state index contributed by atoms with van der Waals surface area (Å²) in [6.45, 7) is 6.36. The highest BCUT2D eigenvalue weighted by Crippen LogP contribution is 2.14. The highest BCUT2D eigenvalue weighted by Gasteiger charge is 2.11. The standard InChI is InChI=1S/C14H23N5/c1-3-8-16-14(15-2)17-9-7-12-11-19-10-5-4-6-13(19)18-12/h3,11H,1,4-10H2,2H3,(H2,15,16,17). The average Bonchev–Trinajstić information content (AvgIpc) is 2.85. The Kier molecular flexibility index (Phi) is 5.01. The van der Waals surface area contributed by atoms with Gasteiger partial charge in [0.1, 0.15) is 5.82 Å². The van der Waals surface area contributed by atoms with Gasteiger partial charge in [-0.1, -0.05) is 6.08 Å². The second-order valence-electron chi connectivity index (χ2n) is 4.72. The van der Waals surface area contributed by atoms with Gasteiger partial charge in [0, 0.05) is 45.7 Å². The van der Waals surface area contributed by atoms with Crippen LogP contribution in [0.5, 0.6) is 0 Å². The van der Waals surface area contributed by atoms with E-state index in [4.69, 9.17) is 0 Å². The molecule has 1 aliphatic heterocycles. The Balaban J connectivity index is 1.79. The van der Waals surface area contributed by atoms with E-state index in [1.165, 1.54) is 24.4 Å². The summed E-state index contributed by atoms with van der Waals surface area (Å²) < 4.78 is 2.30. The quantitative estimate of drug-likeness (QED) is 0.474. The summed E-state index contributed by atoms with van der Waals surface area (Å²) in [6.07, 6.45) is 8.60. The molecule has 1 aromatic rings. The first-order valence-corrected chi connectivity index (χ1v) is 6.94. The maximum atomic E-state index is 4.68. The van der Waals surface area contributed by atoms with Crippen molar-refractivity contribution in [1.29, 1.82) is 0 Å². The third kappa shape index (κ3) is 3.84. The van der Waals surface area contributed by atoms with Crippen molar-refractivity contribution < 1.29 is 0 Å². The highest BCUT2D eigenvalue weighted by atomic mass is 15.2. The van der Waals surface area contributed by atoms with Crippen LogP contribution in [0, 0.1) is 0 Å². The Bertz CT molecular complexity index is 423. The summed E-state index contributed by atoms with van der Waals surface area (Å²) in [6, 6.07) is 0. The number of imidazole rings is 1. The number of aliphatic imine (C=N–C) groups is 1. The van der Waals surface area contributed by atoms with E-state index in [0.717, 1.165) is 38.4 Å². The lowest BCUT2D eigenvalue weighted by atomic mass is 10.2. The maximum Gasteiger partial charge on any atom is 0.191 e. The zero-order valence-electron chi connectivity index (χ0n) is 11.7. The van der Waals surface area contributed by atoms with Gasteiger partial charge in [-0.2, -0.15) is 0 Å². The molecule has 0 spiro atoms. The number of aromatic nitrogens is 2. The fourth-order valence-corrected chi connectivity index (χ4v) is 2.29. The minimum Gasteiger partial charge on any atom is -0.356 e. The molecule has 19 heavy (non-hydrogen) atoms. The lowest BCUT2D eigenvalue weighted by Gasteiger charge is -2.11. The first-order chi connectivity index (χ1) is 9.33. The van der Waals surface area contributed by atoms with Crippen molar-refractivity contribution >= 4 is 5.96 Å². The van der Waals surface area contributed by atoms with Gasteiger partial charge in [0.2, 0.25) is 0 Å². The molecule has 5 nitrogen and oxygen atoms in total. The van der Waals surface area contributed by atoms with Crippen molar-refractivity contribution in [2.45, 2.75) is 32.2 Å². The SMILES string of the molecule is C=CCNC(=NC)NCCc1cn2c(n1)CCCC2. The first kappa shape index (κ1) is 13.6. The number of nitrogens with one attached hydrogen (secondary N) is 2. The van der Waals surface area contributed by atoms with Crippen LogP contribution < -0.4 is 10.6 Å². The van der Waals surface area contributed by atoms with Crippen molar-refractivity contribution in [3.63, 3.8) is 0 Å². The monoisotopic (exact) mass is 261 g/mol. The zero-order chi connectivity index (χ0) is 13.5. The van der Waals surface area contributed by atoms with Gasteiger partial charge >= 0.3 is 0 Å². The van der Waals surface area contributed by atoms with E-state index in [1.807, 2.05) is 6.08 Å². The predicted molar refractivity (Wildman–Crippen MR) is 78.4 cm³/mol. The van der Waals surface area contributed by atoms with E-state index in [1.54, 1.807) is 7.05 Å². The molecule has 0 bridgehead atoms. The van der Waals surface area contributed by atoms with Gasteiger partial charge in [-0.15, -0.1) is 6.58 Å². The molecule has 0 saturated carbocycles. The minimum absolute atomic E-state index is 0.721. The normalized spacial score (nSPS) is 14.9. The van der Waals surface area contributed by atoms with Gasteiger partial charge in [0.05, 0.1) is 5.69 Å². The molecule has 0 amide bonds. The van der Waals surface area contributed by atoms with Crippen molar-refractivity contribution in [1.82, 2.24) is 20.2 Å². The highest BCUT2D eigenvalue weighted by molar-refractivity contribution is 5.79. The number of aryl methyl sites for hydroxylation is 2. The summed E-state index contributed by atoms with van der Waals surface area (Å²) in [5.74, 6) is 2.05. The predicted octanol–water partition coefficient (Wildman–Crippen LogP) is 1.11. The molecule has 104 valence electrons. The van der Waals surface area contributed by atoms with Crippen molar-refractivity contribution in [3.8, 4) is 0 Å². The third-order valence-corrected chi connectivity index (χ3v) is 3.27. The van der Waals surface area contributed by atoms with Crippen LogP contribution >= 0.6 is 0 Å². The van der Waals surface area contributed by atoms with Crippen molar-refractivity contribution in [2.75, 3.05) is 20.1 Å². The van der Waals surface area contributed by atoms with E-state index >= 15 is 0 Å². The lowest BCUT2D eigenvalue weighted by molar-refractivity contribution is 0.522. The number of hydrogen-bond donors (Lipinski definition) is 2. The molecule has 0 saturated heterocycles. The summed E-state index contributed by atoms with van der Waals surface area (Å²) in [4.78, 5) is 8.83. The van der Waals surface area contributed by atoms with Gasteiger partial charge < -0.3 is 15.2 Å². The van der Waals surface area contributed by atoms with Gasteiger partial charge in [-0.25, -0.2) is 4.98 Å². The fourth-order valence-electron chi connectivity index (χ4n) is 2.29.